The van der Waals surface area contributed by atoms with Crippen LogP contribution in [0, 0.1) is 12.7 Å². The molecule has 1 N–H and O–H groups in total. The van der Waals surface area contributed by atoms with Gasteiger partial charge in [-0.3, -0.25) is 9.48 Å². The molecule has 2 aromatic carbocycles. The quantitative estimate of drug-likeness (QED) is 0.509. The molecule has 6 heteroatoms. The summed E-state index contributed by atoms with van der Waals surface area (Å²) in [6, 6.07) is 16.0. The first-order valence-electron chi connectivity index (χ1n) is 10.2. The van der Waals surface area contributed by atoms with Crippen molar-refractivity contribution in [1.82, 2.24) is 20.1 Å². The van der Waals surface area contributed by atoms with Crippen LogP contribution in [0.25, 0.3) is 22.2 Å². The van der Waals surface area contributed by atoms with E-state index in [0.29, 0.717) is 23.4 Å². The number of halogens is 1. The minimum Gasteiger partial charge on any atom is -0.351 e. The molecule has 2 aromatic heterocycles. The number of pyridine rings is 1. The Kier molecular flexibility index (Phi) is 5.31. The number of rotatable bonds is 5. The molecule has 0 unspecified atom stereocenters. The van der Waals surface area contributed by atoms with Crippen molar-refractivity contribution in [3.8, 4) is 11.3 Å². The van der Waals surface area contributed by atoms with E-state index in [2.05, 4.69) is 10.4 Å². The number of carbonyl (C=O) groups is 1. The van der Waals surface area contributed by atoms with Crippen LogP contribution < -0.4 is 5.32 Å². The lowest BCUT2D eigenvalue weighted by Crippen LogP contribution is -2.37. The Morgan fingerprint density at radius 2 is 1.84 bits per heavy atom. The highest BCUT2D eigenvalue weighted by Gasteiger charge is 2.25. The van der Waals surface area contributed by atoms with Crippen molar-refractivity contribution < 1.29 is 9.18 Å². The first kappa shape index (κ1) is 20.7. The van der Waals surface area contributed by atoms with Gasteiger partial charge in [0.1, 0.15) is 5.82 Å². The maximum Gasteiger partial charge on any atom is 0.252 e. The third-order valence-electron chi connectivity index (χ3n) is 5.77. The van der Waals surface area contributed by atoms with Crippen molar-refractivity contribution in [2.45, 2.75) is 26.2 Å². The third kappa shape index (κ3) is 3.93. The molecular weight excluding hydrogens is 391 g/mol. The molecule has 158 valence electrons. The van der Waals surface area contributed by atoms with Gasteiger partial charge in [-0.2, -0.15) is 5.10 Å². The predicted molar refractivity (Wildman–Crippen MR) is 120 cm³/mol. The number of nitrogens with zero attached hydrogens (tertiary/aromatic N) is 3. The molecule has 31 heavy (non-hydrogen) atoms. The molecule has 1 amide bonds. The van der Waals surface area contributed by atoms with E-state index in [0.717, 1.165) is 22.2 Å². The Hall–Kier alpha value is -3.54. The number of benzene rings is 2. The smallest absolute Gasteiger partial charge is 0.252 e. The van der Waals surface area contributed by atoms with Crippen molar-refractivity contribution in [1.29, 1.82) is 0 Å². The van der Waals surface area contributed by atoms with Gasteiger partial charge in [-0.15, -0.1) is 0 Å². The Morgan fingerprint density at radius 3 is 2.55 bits per heavy atom. The SMILES string of the molecule is Cc1c(-c2cc(C(=O)NCC(C)(C)c3ccccc3F)c3ccccc3n2)cnn1C. The van der Waals surface area contributed by atoms with Crippen LogP contribution in [-0.4, -0.2) is 27.2 Å². The zero-order valence-electron chi connectivity index (χ0n) is 18.1. The number of fused-ring (bicyclic) bond motifs is 1. The molecule has 2 heterocycles. The lowest BCUT2D eigenvalue weighted by Gasteiger charge is -2.26. The van der Waals surface area contributed by atoms with E-state index < -0.39 is 5.41 Å². The predicted octanol–water partition coefficient (Wildman–Crippen LogP) is 4.79. The van der Waals surface area contributed by atoms with Gasteiger partial charge in [0.2, 0.25) is 0 Å². The van der Waals surface area contributed by atoms with Crippen LogP contribution in [0.3, 0.4) is 0 Å². The fourth-order valence-corrected chi connectivity index (χ4v) is 3.75. The van der Waals surface area contributed by atoms with Gasteiger partial charge >= 0.3 is 0 Å². The molecule has 0 aliphatic carbocycles. The zero-order chi connectivity index (χ0) is 22.2. The molecule has 0 saturated carbocycles. The summed E-state index contributed by atoms with van der Waals surface area (Å²) in [6.07, 6.45) is 1.76. The van der Waals surface area contributed by atoms with Gasteiger partial charge in [-0.05, 0) is 30.7 Å². The van der Waals surface area contributed by atoms with E-state index in [4.69, 9.17) is 4.98 Å². The number of nitrogens with one attached hydrogen (secondary N) is 1. The van der Waals surface area contributed by atoms with Crippen LogP contribution in [0.4, 0.5) is 4.39 Å². The van der Waals surface area contributed by atoms with E-state index in [9.17, 15) is 9.18 Å². The van der Waals surface area contributed by atoms with Crippen LogP contribution >= 0.6 is 0 Å². The minimum atomic E-state index is -0.563. The van der Waals surface area contributed by atoms with Crippen molar-refractivity contribution in [3.63, 3.8) is 0 Å². The highest BCUT2D eigenvalue weighted by Crippen LogP contribution is 2.28. The second-order valence-corrected chi connectivity index (χ2v) is 8.39. The summed E-state index contributed by atoms with van der Waals surface area (Å²) in [7, 11) is 1.87. The van der Waals surface area contributed by atoms with Gasteiger partial charge in [-0.25, -0.2) is 9.37 Å². The van der Waals surface area contributed by atoms with Gasteiger partial charge in [0.05, 0.1) is 23.0 Å². The van der Waals surface area contributed by atoms with Crippen LogP contribution in [0.5, 0.6) is 0 Å². The molecule has 0 spiro atoms. The topological polar surface area (TPSA) is 59.8 Å². The maximum absolute atomic E-state index is 14.3. The van der Waals surface area contributed by atoms with Crippen molar-refractivity contribution in [3.05, 3.63) is 83.4 Å². The number of aromatic nitrogens is 3. The molecular formula is C25H25FN4O. The molecule has 0 bridgehead atoms. The molecule has 0 aliphatic rings. The lowest BCUT2D eigenvalue weighted by atomic mass is 9.84. The number of hydrogen-bond donors (Lipinski definition) is 1. The van der Waals surface area contributed by atoms with Crippen LogP contribution in [0.1, 0.15) is 35.5 Å². The molecule has 4 aromatic rings. The lowest BCUT2D eigenvalue weighted by molar-refractivity contribution is 0.0947. The summed E-state index contributed by atoms with van der Waals surface area (Å²) in [6.45, 7) is 6.10. The van der Waals surface area contributed by atoms with Crippen LogP contribution in [-0.2, 0) is 12.5 Å². The molecule has 0 saturated heterocycles. The van der Waals surface area contributed by atoms with E-state index in [1.807, 2.05) is 52.1 Å². The second kappa shape index (κ2) is 7.95. The van der Waals surface area contributed by atoms with Crippen LogP contribution in [0.2, 0.25) is 0 Å². The van der Waals surface area contributed by atoms with Gasteiger partial charge in [0.25, 0.3) is 5.91 Å². The molecule has 4 rings (SSSR count). The van der Waals surface area contributed by atoms with Gasteiger partial charge < -0.3 is 5.32 Å². The molecule has 5 nitrogen and oxygen atoms in total. The van der Waals surface area contributed by atoms with Gasteiger partial charge in [0.15, 0.2) is 0 Å². The fraction of sp³-hybridized carbons (Fsp3) is 0.240. The number of hydrogen-bond acceptors (Lipinski definition) is 3. The first-order valence-corrected chi connectivity index (χ1v) is 10.2. The normalized spacial score (nSPS) is 11.6. The Labute approximate surface area is 180 Å². The summed E-state index contributed by atoms with van der Waals surface area (Å²) in [5, 5.41) is 8.07. The molecule has 0 fully saturated rings. The van der Waals surface area contributed by atoms with Gasteiger partial charge in [0, 0.05) is 35.7 Å². The Balaban J connectivity index is 1.69. The minimum absolute atomic E-state index is 0.217. The van der Waals surface area contributed by atoms with Crippen molar-refractivity contribution >= 4 is 16.8 Å². The summed E-state index contributed by atoms with van der Waals surface area (Å²) in [4.78, 5) is 18.0. The standard InChI is InChI=1S/C25H25FN4O/c1-16-19(14-28-30(16)4)23-13-18(17-9-5-8-12-22(17)29-23)24(31)27-15-25(2,3)20-10-6-7-11-21(20)26/h5-14H,15H2,1-4H3,(H,27,31). The number of amides is 1. The molecule has 0 aliphatic heterocycles. The highest BCUT2D eigenvalue weighted by atomic mass is 19.1. The first-order chi connectivity index (χ1) is 14.8. The Morgan fingerprint density at radius 1 is 1.13 bits per heavy atom. The van der Waals surface area contributed by atoms with Crippen LogP contribution in [0.15, 0.2) is 60.8 Å². The van der Waals surface area contributed by atoms with Crippen molar-refractivity contribution in [2.75, 3.05) is 6.54 Å². The largest absolute Gasteiger partial charge is 0.351 e. The van der Waals surface area contributed by atoms with E-state index in [1.54, 1.807) is 35.1 Å². The number of aryl methyl sites for hydroxylation is 1. The Bertz CT molecular complexity index is 1280. The van der Waals surface area contributed by atoms with Crippen molar-refractivity contribution in [2.24, 2.45) is 7.05 Å². The average Bonchev–Trinajstić information content (AvgIpc) is 3.10. The highest BCUT2D eigenvalue weighted by molar-refractivity contribution is 6.07. The van der Waals surface area contributed by atoms with Gasteiger partial charge in [-0.1, -0.05) is 50.2 Å². The maximum atomic E-state index is 14.3. The zero-order valence-corrected chi connectivity index (χ0v) is 18.1. The summed E-state index contributed by atoms with van der Waals surface area (Å²) in [5.74, 6) is -0.490. The average molecular weight is 417 g/mol. The molecule has 0 radical (unpaired) electrons. The summed E-state index contributed by atoms with van der Waals surface area (Å²) in [5.41, 5.74) is 3.83. The van der Waals surface area contributed by atoms with E-state index >= 15 is 0 Å². The van der Waals surface area contributed by atoms with E-state index in [-0.39, 0.29) is 11.7 Å². The number of carbonyl (C=O) groups excluding carboxylic acids is 1. The monoisotopic (exact) mass is 416 g/mol. The van der Waals surface area contributed by atoms with E-state index in [1.165, 1.54) is 6.07 Å². The second-order valence-electron chi connectivity index (χ2n) is 8.39. The summed E-state index contributed by atoms with van der Waals surface area (Å²) < 4.78 is 16.1. The number of para-hydroxylation sites is 1. The molecule has 0 atom stereocenters. The fourth-order valence-electron chi connectivity index (χ4n) is 3.75. The summed E-state index contributed by atoms with van der Waals surface area (Å²) >= 11 is 0. The third-order valence-corrected chi connectivity index (χ3v) is 5.77.